The molecular formula is C12H3F13N2O4. The van der Waals surface area contributed by atoms with Crippen molar-refractivity contribution in [2.24, 2.45) is 0 Å². The molecule has 31 heavy (non-hydrogen) atoms. The maximum atomic E-state index is 14.0. The smallest absolute Gasteiger partial charge is 0.258 e. The highest BCUT2D eigenvalue weighted by molar-refractivity contribution is 5.48. The molecule has 1 aromatic rings. The summed E-state index contributed by atoms with van der Waals surface area (Å²) in [6.07, 6.45) is -7.60. The van der Waals surface area contributed by atoms with Crippen molar-refractivity contribution in [1.29, 1.82) is 0 Å². The molecule has 0 aliphatic carbocycles. The Morgan fingerprint density at radius 1 is 0.548 bits per heavy atom. The second-order valence-corrected chi connectivity index (χ2v) is 5.62. The molecule has 0 N–H and O–H groups in total. The molecule has 0 aliphatic heterocycles. The number of hydrogen-bond acceptors (Lipinski definition) is 4. The number of halogens is 13. The third-order valence-electron chi connectivity index (χ3n) is 3.62. The number of non-ortho nitro benzene ring substituents is 2. The van der Waals surface area contributed by atoms with Crippen molar-refractivity contribution in [3.8, 4) is 0 Å². The van der Waals surface area contributed by atoms with Crippen LogP contribution in [0.1, 0.15) is 5.56 Å². The number of nitrogens with zero attached hydrogens (tertiary/aromatic N) is 2. The lowest BCUT2D eigenvalue weighted by Crippen LogP contribution is -2.69. The van der Waals surface area contributed by atoms with Crippen LogP contribution >= 0.6 is 0 Å². The predicted molar refractivity (Wildman–Crippen MR) is 69.5 cm³/mol. The summed E-state index contributed by atoms with van der Waals surface area (Å²) in [7, 11) is 0. The standard InChI is InChI=1S/C12H3F13N2O4/c13-7(14,4-1-5(26(28)29)3-6(2-4)27(30)31)8(15,16)9(17,18)10(19,20)11(21,22)12(23,24)25/h1-3H. The van der Waals surface area contributed by atoms with Crippen molar-refractivity contribution < 1.29 is 66.9 Å². The van der Waals surface area contributed by atoms with Crippen LogP contribution in [0.4, 0.5) is 68.5 Å². The van der Waals surface area contributed by atoms with Crippen molar-refractivity contribution in [2.75, 3.05) is 0 Å². The minimum atomic E-state index is -8.17. The number of alkyl halides is 13. The van der Waals surface area contributed by atoms with Crippen LogP contribution in [0.15, 0.2) is 18.2 Å². The number of hydrogen-bond donors (Lipinski definition) is 0. The Balaban J connectivity index is 3.79. The fourth-order valence-corrected chi connectivity index (χ4v) is 1.94. The van der Waals surface area contributed by atoms with Gasteiger partial charge in [0.05, 0.1) is 15.9 Å². The molecule has 0 atom stereocenters. The van der Waals surface area contributed by atoms with Crippen LogP contribution in [0.2, 0.25) is 0 Å². The third kappa shape index (κ3) is 3.68. The molecule has 0 fully saturated rings. The SMILES string of the molecule is O=[N+]([O-])c1cc([N+](=O)[O-])cc(C(F)(F)C(F)(F)C(F)(F)C(F)(F)C(F)(F)C(F)(F)F)c1. The molecule has 0 heterocycles. The van der Waals surface area contributed by atoms with Crippen molar-refractivity contribution >= 4 is 11.4 Å². The van der Waals surface area contributed by atoms with E-state index in [0.717, 1.165) is 0 Å². The van der Waals surface area contributed by atoms with E-state index >= 15 is 0 Å². The summed E-state index contributed by atoms with van der Waals surface area (Å²) >= 11 is 0. The van der Waals surface area contributed by atoms with Crippen molar-refractivity contribution in [3.05, 3.63) is 44.0 Å². The molecule has 0 unspecified atom stereocenters. The first-order chi connectivity index (χ1) is 13.5. The van der Waals surface area contributed by atoms with Gasteiger partial charge in [0.2, 0.25) is 0 Å². The van der Waals surface area contributed by atoms with Gasteiger partial charge in [-0.15, -0.1) is 0 Å². The number of rotatable bonds is 7. The largest absolute Gasteiger partial charge is 0.460 e. The van der Waals surface area contributed by atoms with Gasteiger partial charge in [0.25, 0.3) is 11.4 Å². The second-order valence-electron chi connectivity index (χ2n) is 5.62. The van der Waals surface area contributed by atoms with E-state index < -0.39 is 74.7 Å². The number of nitro benzene ring substituents is 2. The summed E-state index contributed by atoms with van der Waals surface area (Å²) < 4.78 is 170. The highest BCUT2D eigenvalue weighted by atomic mass is 19.4. The summed E-state index contributed by atoms with van der Waals surface area (Å²) in [6.45, 7) is 0. The van der Waals surface area contributed by atoms with Gasteiger partial charge in [-0.05, 0) is 0 Å². The molecular weight excluding hydrogens is 483 g/mol. The van der Waals surface area contributed by atoms with Crippen molar-refractivity contribution in [2.45, 2.75) is 35.8 Å². The van der Waals surface area contributed by atoms with Crippen LogP contribution in [0.3, 0.4) is 0 Å². The Hall–Kier alpha value is -2.89. The van der Waals surface area contributed by atoms with Gasteiger partial charge in [0.1, 0.15) is 0 Å². The highest BCUT2D eigenvalue weighted by Gasteiger charge is 2.90. The second kappa shape index (κ2) is 7.08. The average Bonchev–Trinajstić information content (AvgIpc) is 2.59. The summed E-state index contributed by atoms with van der Waals surface area (Å²) in [5, 5.41) is 21.1. The van der Waals surface area contributed by atoms with E-state index in [1.165, 1.54) is 0 Å². The number of nitro groups is 2. The van der Waals surface area contributed by atoms with E-state index in [-0.39, 0.29) is 6.07 Å². The molecule has 0 aromatic heterocycles. The zero-order chi connectivity index (χ0) is 25.0. The Bertz CT molecular complexity index is 865. The first-order valence-electron chi connectivity index (χ1n) is 6.87. The third-order valence-corrected chi connectivity index (χ3v) is 3.62. The van der Waals surface area contributed by atoms with Crippen LogP contribution < -0.4 is 0 Å². The van der Waals surface area contributed by atoms with E-state index in [4.69, 9.17) is 0 Å². The van der Waals surface area contributed by atoms with E-state index in [1.807, 2.05) is 0 Å². The molecule has 1 rings (SSSR count). The Labute approximate surface area is 159 Å². The normalized spacial score (nSPS) is 14.5. The van der Waals surface area contributed by atoms with E-state index in [9.17, 15) is 77.3 Å². The van der Waals surface area contributed by atoms with Gasteiger partial charge < -0.3 is 0 Å². The molecule has 0 radical (unpaired) electrons. The summed E-state index contributed by atoms with van der Waals surface area (Å²) in [5.74, 6) is -38.9. The molecule has 19 heteroatoms. The molecule has 0 amide bonds. The molecule has 1 aromatic carbocycles. The molecule has 0 aliphatic rings. The van der Waals surface area contributed by atoms with Crippen LogP contribution in [0, 0.1) is 20.2 Å². The molecule has 0 saturated heterocycles. The minimum Gasteiger partial charge on any atom is -0.258 e. The average molecular weight is 486 g/mol. The fourth-order valence-electron chi connectivity index (χ4n) is 1.94. The number of benzene rings is 1. The molecule has 0 saturated carbocycles. The lowest BCUT2D eigenvalue weighted by molar-refractivity contribution is -0.441. The van der Waals surface area contributed by atoms with Gasteiger partial charge in [0.15, 0.2) is 0 Å². The highest BCUT2D eigenvalue weighted by Crippen LogP contribution is 2.62. The lowest BCUT2D eigenvalue weighted by atomic mass is 9.90. The monoisotopic (exact) mass is 486 g/mol. The summed E-state index contributed by atoms with van der Waals surface area (Å²) in [4.78, 5) is 17.6. The van der Waals surface area contributed by atoms with Gasteiger partial charge in [0, 0.05) is 17.7 Å². The van der Waals surface area contributed by atoms with Crippen LogP contribution in [-0.2, 0) is 5.92 Å². The maximum absolute atomic E-state index is 14.0. The Morgan fingerprint density at radius 3 is 1.16 bits per heavy atom. The topological polar surface area (TPSA) is 86.3 Å². The van der Waals surface area contributed by atoms with Crippen molar-refractivity contribution in [3.63, 3.8) is 0 Å². The van der Waals surface area contributed by atoms with Crippen molar-refractivity contribution in [1.82, 2.24) is 0 Å². The van der Waals surface area contributed by atoms with Crippen LogP contribution in [0.5, 0.6) is 0 Å². The van der Waals surface area contributed by atoms with Gasteiger partial charge in [-0.1, -0.05) is 0 Å². The molecule has 6 nitrogen and oxygen atoms in total. The predicted octanol–water partition coefficient (Wildman–Crippen LogP) is 5.70. The van der Waals surface area contributed by atoms with Gasteiger partial charge >= 0.3 is 35.8 Å². The van der Waals surface area contributed by atoms with E-state index in [2.05, 4.69) is 0 Å². The quantitative estimate of drug-likeness (QED) is 0.281. The fraction of sp³-hybridized carbons (Fsp3) is 0.500. The van der Waals surface area contributed by atoms with Gasteiger partial charge in [-0.3, -0.25) is 20.2 Å². The molecule has 0 bridgehead atoms. The first kappa shape index (κ1) is 26.1. The lowest BCUT2D eigenvalue weighted by Gasteiger charge is -2.39. The summed E-state index contributed by atoms with van der Waals surface area (Å²) in [6, 6.07) is -1.60. The molecule has 176 valence electrons. The summed E-state index contributed by atoms with van der Waals surface area (Å²) in [5.41, 5.74) is -6.46. The van der Waals surface area contributed by atoms with Crippen LogP contribution in [0.25, 0.3) is 0 Å². The minimum absolute atomic E-state index is 0.151. The van der Waals surface area contributed by atoms with Crippen LogP contribution in [-0.4, -0.2) is 39.7 Å². The zero-order valence-corrected chi connectivity index (χ0v) is 13.7. The van der Waals surface area contributed by atoms with Gasteiger partial charge in [-0.25, -0.2) is 0 Å². The molecule has 0 spiro atoms. The zero-order valence-electron chi connectivity index (χ0n) is 13.7. The van der Waals surface area contributed by atoms with E-state index in [0.29, 0.717) is 0 Å². The Morgan fingerprint density at radius 2 is 0.871 bits per heavy atom. The van der Waals surface area contributed by atoms with Gasteiger partial charge in [-0.2, -0.15) is 57.1 Å². The Kier molecular flexibility index (Phi) is 5.97. The maximum Gasteiger partial charge on any atom is 0.460 e. The first-order valence-corrected chi connectivity index (χ1v) is 6.87. The van der Waals surface area contributed by atoms with E-state index in [1.54, 1.807) is 0 Å².